The number of allylic oxidation sites excluding steroid dienone is 1. The van der Waals surface area contributed by atoms with E-state index >= 15 is 0 Å². The molecule has 0 unspecified atom stereocenters. The fraction of sp³-hybridized carbons (Fsp3) is 0.846. The number of hydrogen-bond donors (Lipinski definition) is 0. The van der Waals surface area contributed by atoms with Gasteiger partial charge in [0.15, 0.2) is 8.32 Å². The van der Waals surface area contributed by atoms with Gasteiger partial charge in [0.1, 0.15) is 0 Å². The van der Waals surface area contributed by atoms with Crippen LogP contribution in [0.2, 0.25) is 18.1 Å². The molecule has 1 aliphatic rings. The Hall–Kier alpha value is 0.397. The minimum Gasteiger partial charge on any atom is -0.409 e. The van der Waals surface area contributed by atoms with Crippen LogP contribution in [0.4, 0.5) is 0 Å². The third kappa shape index (κ3) is 3.20. The first kappa shape index (κ1) is 14.5. The normalized spacial score (nSPS) is 25.8. The Labute approximate surface area is 110 Å². The van der Waals surface area contributed by atoms with Gasteiger partial charge in [0, 0.05) is 4.48 Å². The highest BCUT2D eigenvalue weighted by Crippen LogP contribution is 2.44. The van der Waals surface area contributed by atoms with E-state index in [0.717, 1.165) is 6.42 Å². The summed E-state index contributed by atoms with van der Waals surface area (Å²) >= 11 is 3.66. The van der Waals surface area contributed by atoms with Crippen molar-refractivity contribution >= 4 is 24.2 Å². The molecule has 0 bridgehead atoms. The largest absolute Gasteiger partial charge is 0.409 e. The molecule has 0 aliphatic heterocycles. The minimum atomic E-state index is -1.65. The summed E-state index contributed by atoms with van der Waals surface area (Å²) in [6.45, 7) is 16.0. The summed E-state index contributed by atoms with van der Waals surface area (Å²) in [5.74, 6) is 0. The van der Waals surface area contributed by atoms with Gasteiger partial charge in [-0.15, -0.1) is 0 Å². The molecule has 0 heterocycles. The maximum absolute atomic E-state index is 6.43. The maximum Gasteiger partial charge on any atom is 0.192 e. The highest BCUT2D eigenvalue weighted by molar-refractivity contribution is 9.11. The van der Waals surface area contributed by atoms with Crippen LogP contribution >= 0.6 is 15.9 Å². The van der Waals surface area contributed by atoms with Gasteiger partial charge in [0.05, 0.1) is 6.10 Å². The summed E-state index contributed by atoms with van der Waals surface area (Å²) < 4.78 is 7.67. The molecule has 1 atom stereocenters. The van der Waals surface area contributed by atoms with Gasteiger partial charge in [-0.25, -0.2) is 0 Å². The molecule has 0 spiro atoms. The monoisotopic (exact) mass is 304 g/mol. The van der Waals surface area contributed by atoms with Crippen LogP contribution in [-0.2, 0) is 4.43 Å². The van der Waals surface area contributed by atoms with Crippen molar-refractivity contribution in [1.29, 1.82) is 0 Å². The van der Waals surface area contributed by atoms with Crippen molar-refractivity contribution in [3.8, 4) is 0 Å². The zero-order valence-electron chi connectivity index (χ0n) is 11.6. The van der Waals surface area contributed by atoms with Gasteiger partial charge in [-0.1, -0.05) is 56.6 Å². The molecule has 1 nitrogen and oxygen atoms in total. The summed E-state index contributed by atoms with van der Waals surface area (Å²) in [5, 5.41) is 0.285. The van der Waals surface area contributed by atoms with Gasteiger partial charge in [-0.05, 0) is 30.0 Å². The quantitative estimate of drug-likeness (QED) is 0.646. The molecule has 1 rings (SSSR count). The Morgan fingerprint density at radius 2 is 1.88 bits per heavy atom. The molecule has 0 radical (unpaired) electrons. The van der Waals surface area contributed by atoms with Gasteiger partial charge < -0.3 is 4.43 Å². The fourth-order valence-corrected chi connectivity index (χ4v) is 4.05. The lowest BCUT2D eigenvalue weighted by molar-refractivity contribution is 0.194. The van der Waals surface area contributed by atoms with Crippen LogP contribution in [0, 0.1) is 5.41 Å². The molecule has 3 heteroatoms. The van der Waals surface area contributed by atoms with E-state index in [4.69, 9.17) is 4.43 Å². The lowest BCUT2D eigenvalue weighted by Crippen LogP contribution is -2.43. The van der Waals surface area contributed by atoms with E-state index in [-0.39, 0.29) is 16.6 Å². The lowest BCUT2D eigenvalue weighted by atomic mass is 9.93. The van der Waals surface area contributed by atoms with Crippen molar-refractivity contribution in [3.63, 3.8) is 0 Å². The molecule has 0 saturated carbocycles. The van der Waals surface area contributed by atoms with Gasteiger partial charge in [0.2, 0.25) is 0 Å². The van der Waals surface area contributed by atoms with Crippen molar-refractivity contribution < 1.29 is 4.43 Å². The zero-order valence-corrected chi connectivity index (χ0v) is 14.2. The summed E-state index contributed by atoms with van der Waals surface area (Å²) in [7, 11) is -1.65. The summed E-state index contributed by atoms with van der Waals surface area (Å²) in [5.41, 5.74) is 0.270. The van der Waals surface area contributed by atoms with E-state index < -0.39 is 8.32 Å². The SMILES string of the molecule is CC1(C)C=C(Br)[C@H](O[Si](C)(C)C(C)(C)C)C1. The smallest absolute Gasteiger partial charge is 0.192 e. The summed E-state index contributed by atoms with van der Waals surface area (Å²) in [6.07, 6.45) is 3.67. The molecule has 0 aromatic heterocycles. The average molecular weight is 305 g/mol. The van der Waals surface area contributed by atoms with Crippen LogP contribution in [0.5, 0.6) is 0 Å². The highest BCUT2D eigenvalue weighted by atomic mass is 79.9. The van der Waals surface area contributed by atoms with Crippen LogP contribution < -0.4 is 0 Å². The number of halogens is 1. The molecule has 1 aliphatic carbocycles. The van der Waals surface area contributed by atoms with E-state index in [1.165, 1.54) is 4.48 Å². The standard InChI is InChI=1S/C13H25BrOSi/c1-12(2,3)16(6,7)15-11-9-13(4,5)8-10(11)14/h8,11H,9H2,1-7H3/t11-/m1/s1. The lowest BCUT2D eigenvalue weighted by Gasteiger charge is -2.39. The Morgan fingerprint density at radius 3 is 2.19 bits per heavy atom. The van der Waals surface area contributed by atoms with Crippen LogP contribution in [0.1, 0.15) is 41.0 Å². The summed E-state index contributed by atoms with van der Waals surface area (Å²) in [6, 6.07) is 0. The van der Waals surface area contributed by atoms with Gasteiger partial charge in [-0.3, -0.25) is 0 Å². The molecular formula is C13H25BrOSi. The average Bonchev–Trinajstić information content (AvgIpc) is 2.20. The fourth-order valence-electron chi connectivity index (χ4n) is 1.73. The third-order valence-corrected chi connectivity index (χ3v) is 9.02. The minimum absolute atomic E-state index is 0.270. The predicted octanol–water partition coefficient (Wildman–Crippen LogP) is 5.09. The number of rotatable bonds is 2. The first-order valence-electron chi connectivity index (χ1n) is 6.01. The molecule has 0 amide bonds. The first-order chi connectivity index (χ1) is 6.95. The molecule has 0 aromatic rings. The second-order valence-electron chi connectivity index (χ2n) is 7.09. The van der Waals surface area contributed by atoms with Crippen LogP contribution in [0.15, 0.2) is 10.6 Å². The highest BCUT2D eigenvalue weighted by Gasteiger charge is 2.42. The maximum atomic E-state index is 6.43. The molecule has 0 saturated heterocycles. The first-order valence-corrected chi connectivity index (χ1v) is 9.71. The second kappa shape index (κ2) is 4.25. The Morgan fingerprint density at radius 1 is 1.38 bits per heavy atom. The van der Waals surface area contributed by atoms with Crippen LogP contribution in [-0.4, -0.2) is 14.4 Å². The van der Waals surface area contributed by atoms with Gasteiger partial charge >= 0.3 is 0 Å². The van der Waals surface area contributed by atoms with Crippen molar-refractivity contribution in [1.82, 2.24) is 0 Å². The van der Waals surface area contributed by atoms with Crippen LogP contribution in [0.3, 0.4) is 0 Å². The van der Waals surface area contributed by atoms with E-state index in [9.17, 15) is 0 Å². The molecule has 94 valence electrons. The zero-order chi connectivity index (χ0) is 12.8. The Bertz CT molecular complexity index is 300. The topological polar surface area (TPSA) is 9.23 Å². The second-order valence-corrected chi connectivity index (χ2v) is 12.8. The Kier molecular flexibility index (Phi) is 3.84. The molecule has 16 heavy (non-hydrogen) atoms. The number of hydrogen-bond acceptors (Lipinski definition) is 1. The summed E-state index contributed by atoms with van der Waals surface area (Å²) in [4.78, 5) is 0. The van der Waals surface area contributed by atoms with E-state index in [0.29, 0.717) is 0 Å². The van der Waals surface area contributed by atoms with Crippen LogP contribution in [0.25, 0.3) is 0 Å². The third-order valence-electron chi connectivity index (χ3n) is 3.79. The van der Waals surface area contributed by atoms with Crippen molar-refractivity contribution in [3.05, 3.63) is 10.6 Å². The molecule has 0 N–H and O–H groups in total. The van der Waals surface area contributed by atoms with Crippen molar-refractivity contribution in [2.45, 2.75) is 65.3 Å². The Balaban J connectivity index is 2.75. The van der Waals surface area contributed by atoms with Crippen molar-refractivity contribution in [2.24, 2.45) is 5.41 Å². The van der Waals surface area contributed by atoms with Gasteiger partial charge in [0.25, 0.3) is 0 Å². The van der Waals surface area contributed by atoms with E-state index in [1.54, 1.807) is 0 Å². The van der Waals surface area contributed by atoms with Crippen molar-refractivity contribution in [2.75, 3.05) is 0 Å². The van der Waals surface area contributed by atoms with E-state index in [1.807, 2.05) is 0 Å². The van der Waals surface area contributed by atoms with E-state index in [2.05, 4.69) is 69.7 Å². The molecule has 0 fully saturated rings. The predicted molar refractivity (Wildman–Crippen MR) is 77.5 cm³/mol. The molecular weight excluding hydrogens is 280 g/mol. The molecule has 0 aromatic carbocycles. The van der Waals surface area contributed by atoms with Gasteiger partial charge in [-0.2, -0.15) is 0 Å².